The fourth-order valence-electron chi connectivity index (χ4n) is 9.61. The number of likely N-dealkylation sites (tertiary alicyclic amines) is 2. The highest BCUT2D eigenvalue weighted by molar-refractivity contribution is 6.06. The number of phenols is 1. The first-order valence-corrected chi connectivity index (χ1v) is 21.7. The van der Waals surface area contributed by atoms with Crippen molar-refractivity contribution in [1.82, 2.24) is 34.9 Å². The number of hydrogen-bond donors (Lipinski definition) is 3. The molecule has 4 aliphatic heterocycles. The molecule has 4 fully saturated rings. The summed E-state index contributed by atoms with van der Waals surface area (Å²) in [6.07, 6.45) is 6.98. The molecule has 0 bridgehead atoms. The number of ether oxygens (including phenoxy) is 1. The van der Waals surface area contributed by atoms with Crippen LogP contribution in [-0.4, -0.2) is 117 Å². The van der Waals surface area contributed by atoms with Crippen molar-refractivity contribution in [2.24, 2.45) is 0 Å². The number of aromatic nitrogens is 4. The Balaban J connectivity index is 0.786. The lowest BCUT2D eigenvalue weighted by molar-refractivity contribution is -0.120. The van der Waals surface area contributed by atoms with Crippen molar-refractivity contribution in [2.75, 3.05) is 74.5 Å². The smallest absolute Gasteiger partial charge is 0.328 e. The lowest BCUT2D eigenvalue weighted by Gasteiger charge is -2.41. The number of nitrogens with one attached hydrogen (secondary N) is 1. The summed E-state index contributed by atoms with van der Waals surface area (Å²) in [6.45, 7) is 8.58. The Labute approximate surface area is 359 Å². The van der Waals surface area contributed by atoms with Crippen molar-refractivity contribution < 1.29 is 28.6 Å². The number of pyridine rings is 1. The van der Waals surface area contributed by atoms with Gasteiger partial charge in [0.15, 0.2) is 5.82 Å². The summed E-state index contributed by atoms with van der Waals surface area (Å²) in [4.78, 5) is 50.4. The van der Waals surface area contributed by atoms with Gasteiger partial charge in [0.1, 0.15) is 23.2 Å². The number of carbonyl (C=O) groups excluding carboxylic acids is 3. The molecule has 0 radical (unpaired) electrons. The Kier molecular flexibility index (Phi) is 11.3. The van der Waals surface area contributed by atoms with E-state index in [2.05, 4.69) is 43.0 Å². The first-order chi connectivity index (χ1) is 30.0. The Morgan fingerprint density at radius 3 is 2.55 bits per heavy atom. The van der Waals surface area contributed by atoms with Crippen LogP contribution in [0.1, 0.15) is 78.2 Å². The van der Waals surface area contributed by atoms with E-state index < -0.39 is 11.7 Å². The third-order valence-corrected chi connectivity index (χ3v) is 13.1. The number of amides is 4. The van der Waals surface area contributed by atoms with Gasteiger partial charge in [-0.05, 0) is 79.3 Å². The van der Waals surface area contributed by atoms with Gasteiger partial charge in [-0.2, -0.15) is 0 Å². The molecule has 2 aromatic carbocycles. The summed E-state index contributed by atoms with van der Waals surface area (Å²) >= 11 is 0. The van der Waals surface area contributed by atoms with Gasteiger partial charge in [0.05, 0.1) is 29.9 Å². The SMILES string of the molecule is CCc1cn(C2CCN(CC3(F)CCN(C(=O)c4ccc([C@H]5CN(c6cc(-c7ccccc7O)nnc6N)CCO5)c(C)c4)CC3)CC2)c2ncc(N3CCC(=O)NC3=O)cc12. The Bertz CT molecular complexity index is 2510. The Hall–Kier alpha value is -6.13. The van der Waals surface area contributed by atoms with Crippen molar-refractivity contribution in [1.29, 1.82) is 0 Å². The van der Waals surface area contributed by atoms with Gasteiger partial charge in [0.2, 0.25) is 5.91 Å². The van der Waals surface area contributed by atoms with Gasteiger partial charge in [-0.25, -0.2) is 14.2 Å². The topological polar surface area (TPSA) is 175 Å². The van der Waals surface area contributed by atoms with Gasteiger partial charge in [-0.15, -0.1) is 10.2 Å². The van der Waals surface area contributed by atoms with E-state index in [1.165, 1.54) is 0 Å². The number of rotatable bonds is 9. The van der Waals surface area contributed by atoms with E-state index in [9.17, 15) is 19.5 Å². The second kappa shape index (κ2) is 17.0. The van der Waals surface area contributed by atoms with Crippen LogP contribution in [0.3, 0.4) is 0 Å². The molecule has 5 aromatic rings. The highest BCUT2D eigenvalue weighted by atomic mass is 19.1. The first-order valence-electron chi connectivity index (χ1n) is 21.7. The second-order valence-corrected chi connectivity index (χ2v) is 17.1. The monoisotopic (exact) mass is 844 g/mol. The zero-order chi connectivity index (χ0) is 43.1. The number of aromatic hydroxyl groups is 1. The average Bonchev–Trinajstić information content (AvgIpc) is 3.65. The predicted molar refractivity (Wildman–Crippen MR) is 234 cm³/mol. The van der Waals surface area contributed by atoms with Gasteiger partial charge < -0.3 is 34.8 Å². The third kappa shape index (κ3) is 8.16. The number of morpholine rings is 1. The summed E-state index contributed by atoms with van der Waals surface area (Å²) in [5, 5.41) is 22.2. The molecule has 3 aromatic heterocycles. The van der Waals surface area contributed by atoms with E-state index in [0.717, 1.165) is 60.1 Å². The zero-order valence-corrected chi connectivity index (χ0v) is 35.2. The maximum absolute atomic E-state index is 16.5. The van der Waals surface area contributed by atoms with Crippen LogP contribution >= 0.6 is 0 Å². The number of anilines is 3. The molecule has 15 nitrogen and oxygen atoms in total. The predicted octanol–water partition coefficient (Wildman–Crippen LogP) is 5.96. The second-order valence-electron chi connectivity index (χ2n) is 17.1. The highest BCUT2D eigenvalue weighted by Crippen LogP contribution is 2.37. The number of alkyl halides is 1. The minimum Gasteiger partial charge on any atom is -0.507 e. The lowest BCUT2D eigenvalue weighted by atomic mass is 9.91. The molecular formula is C46H53FN10O5. The zero-order valence-electron chi connectivity index (χ0n) is 35.2. The number of nitrogens with zero attached hydrogens (tertiary/aromatic N) is 8. The first kappa shape index (κ1) is 41.2. The number of halogens is 1. The summed E-state index contributed by atoms with van der Waals surface area (Å²) in [5.74, 6) is 0.0397. The van der Waals surface area contributed by atoms with Crippen molar-refractivity contribution in [2.45, 2.75) is 70.2 Å². The van der Waals surface area contributed by atoms with Gasteiger partial charge in [0, 0.05) is 100 Å². The molecule has 4 N–H and O–H groups in total. The number of piperidine rings is 2. The molecule has 4 saturated heterocycles. The molecule has 1 atom stereocenters. The molecular weight excluding hydrogens is 792 g/mol. The molecule has 7 heterocycles. The largest absolute Gasteiger partial charge is 0.507 e. The average molecular weight is 845 g/mol. The van der Waals surface area contributed by atoms with Crippen LogP contribution in [0.5, 0.6) is 5.75 Å². The number of nitrogens with two attached hydrogens (primary N) is 1. The summed E-state index contributed by atoms with van der Waals surface area (Å²) in [6, 6.07) is 16.3. The summed E-state index contributed by atoms with van der Waals surface area (Å²) in [5.41, 5.74) is 11.9. The van der Waals surface area contributed by atoms with Crippen molar-refractivity contribution in [3.05, 3.63) is 89.2 Å². The summed E-state index contributed by atoms with van der Waals surface area (Å²) < 4.78 is 24.9. The molecule has 62 heavy (non-hydrogen) atoms. The number of imide groups is 1. The molecule has 4 amide bonds. The number of benzene rings is 2. The number of carbonyl (C=O) groups is 3. The number of urea groups is 1. The third-order valence-electron chi connectivity index (χ3n) is 13.1. The number of nitrogen functional groups attached to an aromatic ring is 1. The van der Waals surface area contributed by atoms with Gasteiger partial charge in [-0.3, -0.25) is 19.8 Å². The maximum Gasteiger partial charge on any atom is 0.328 e. The molecule has 324 valence electrons. The van der Waals surface area contributed by atoms with Gasteiger partial charge >= 0.3 is 6.03 Å². The number of aryl methyl sites for hydroxylation is 2. The standard InChI is InChI=1S/C46H53FN10O5/c1-3-30-26-57(43-36(30)23-33(25-49-43)56-17-12-41(59)50-45(56)61)32-10-15-53(16-11-32)28-46(47)13-18-54(19-14-46)44(60)31-8-9-34(29(2)22-31)40-27-55(20-21-62-40)38-24-37(51-52-42(38)48)35-6-4-5-7-39(35)58/h4-9,22-26,32,40,58H,3,10-21,27-28H2,1-2H3,(H2,48,52)(H,50,59,61)/t40-/m1/s1. The van der Waals surface area contributed by atoms with Crippen LogP contribution < -0.4 is 20.9 Å². The van der Waals surface area contributed by atoms with Crippen LogP contribution in [-0.2, 0) is 16.0 Å². The number of para-hydroxylation sites is 1. The Morgan fingerprint density at radius 2 is 1.81 bits per heavy atom. The molecule has 16 heteroatoms. The normalized spacial score (nSPS) is 20.2. The van der Waals surface area contributed by atoms with Crippen LogP contribution in [0.4, 0.5) is 26.4 Å². The minimum atomic E-state index is -1.37. The lowest BCUT2D eigenvalue weighted by Crippen LogP contribution is -2.51. The van der Waals surface area contributed by atoms with E-state index in [1.807, 2.05) is 43.3 Å². The van der Waals surface area contributed by atoms with Gasteiger partial charge in [-0.1, -0.05) is 25.1 Å². The summed E-state index contributed by atoms with van der Waals surface area (Å²) in [7, 11) is 0. The molecule has 9 rings (SSSR count). The highest BCUT2D eigenvalue weighted by Gasteiger charge is 2.39. The molecule has 4 aliphatic rings. The van der Waals surface area contributed by atoms with E-state index in [1.54, 1.807) is 34.2 Å². The van der Waals surface area contributed by atoms with E-state index in [0.29, 0.717) is 79.9 Å². The van der Waals surface area contributed by atoms with E-state index >= 15 is 4.39 Å². The van der Waals surface area contributed by atoms with Gasteiger partial charge in [0.25, 0.3) is 5.91 Å². The van der Waals surface area contributed by atoms with Crippen molar-refractivity contribution >= 4 is 46.1 Å². The molecule has 0 spiro atoms. The molecule has 0 aliphatic carbocycles. The van der Waals surface area contributed by atoms with Crippen LogP contribution in [0, 0.1) is 6.92 Å². The van der Waals surface area contributed by atoms with Crippen molar-refractivity contribution in [3.8, 4) is 17.0 Å². The minimum absolute atomic E-state index is 0.0959. The number of hydrogen-bond acceptors (Lipinski definition) is 11. The molecule has 0 saturated carbocycles. The fourth-order valence-corrected chi connectivity index (χ4v) is 9.61. The maximum atomic E-state index is 16.5. The number of fused-ring (bicyclic) bond motifs is 1. The fraction of sp³-hybridized carbons (Fsp3) is 0.435. The Morgan fingerprint density at radius 1 is 1.02 bits per heavy atom. The molecule has 0 unspecified atom stereocenters. The number of phenolic OH excluding ortho intramolecular Hbond substituents is 1. The van der Waals surface area contributed by atoms with Crippen LogP contribution in [0.15, 0.2) is 67.0 Å². The van der Waals surface area contributed by atoms with Crippen LogP contribution in [0.2, 0.25) is 0 Å². The van der Waals surface area contributed by atoms with Crippen LogP contribution in [0.25, 0.3) is 22.3 Å². The quantitative estimate of drug-likeness (QED) is 0.160. The van der Waals surface area contributed by atoms with Crippen molar-refractivity contribution in [3.63, 3.8) is 0 Å². The van der Waals surface area contributed by atoms with E-state index in [-0.39, 0.29) is 49.0 Å². The van der Waals surface area contributed by atoms with E-state index in [4.69, 9.17) is 15.5 Å².